The number of anilines is 1. The normalized spacial score (nSPS) is 10.5. The second-order valence-electron chi connectivity index (χ2n) is 6.15. The minimum atomic E-state index is -0.307. The van der Waals surface area contributed by atoms with Crippen molar-refractivity contribution in [3.8, 4) is 17.2 Å². The maximum Gasteiger partial charge on any atom is 0.319 e. The molecule has 0 saturated carbocycles. The molecule has 3 aromatic rings. The van der Waals surface area contributed by atoms with E-state index in [0.29, 0.717) is 29.6 Å². The highest BCUT2D eigenvalue weighted by molar-refractivity contribution is 5.89. The fourth-order valence-corrected chi connectivity index (χ4v) is 2.55. The number of aryl methyl sites for hydroxylation is 2. The Morgan fingerprint density at radius 1 is 1.07 bits per heavy atom. The number of rotatable bonds is 6. The van der Waals surface area contributed by atoms with Gasteiger partial charge in [0.05, 0.1) is 13.2 Å². The van der Waals surface area contributed by atoms with Gasteiger partial charge in [-0.15, -0.1) is 0 Å². The SMILES string of the molecule is CCOc1ccc(NC(=O)NCc2nc(-c3ccc(C)cc3)oc2C)cc1. The molecule has 0 saturated heterocycles. The average molecular weight is 365 g/mol. The molecule has 6 heteroatoms. The summed E-state index contributed by atoms with van der Waals surface area (Å²) in [6.07, 6.45) is 0. The average Bonchev–Trinajstić information content (AvgIpc) is 3.03. The van der Waals surface area contributed by atoms with Gasteiger partial charge in [0, 0.05) is 11.3 Å². The number of nitrogens with one attached hydrogen (secondary N) is 2. The maximum atomic E-state index is 12.1. The lowest BCUT2D eigenvalue weighted by molar-refractivity contribution is 0.251. The molecule has 0 aliphatic carbocycles. The molecular weight excluding hydrogens is 342 g/mol. The predicted molar refractivity (Wildman–Crippen MR) is 105 cm³/mol. The molecule has 2 amide bonds. The van der Waals surface area contributed by atoms with E-state index in [1.165, 1.54) is 5.56 Å². The number of amides is 2. The molecule has 27 heavy (non-hydrogen) atoms. The topological polar surface area (TPSA) is 76.4 Å². The van der Waals surface area contributed by atoms with Gasteiger partial charge in [-0.25, -0.2) is 9.78 Å². The molecule has 6 nitrogen and oxygen atoms in total. The maximum absolute atomic E-state index is 12.1. The molecular formula is C21H23N3O3. The lowest BCUT2D eigenvalue weighted by atomic mass is 10.1. The van der Waals surface area contributed by atoms with Crippen LogP contribution in [0.4, 0.5) is 10.5 Å². The van der Waals surface area contributed by atoms with Crippen LogP contribution in [-0.4, -0.2) is 17.6 Å². The number of hydrogen-bond donors (Lipinski definition) is 2. The van der Waals surface area contributed by atoms with Crippen molar-refractivity contribution in [2.45, 2.75) is 27.3 Å². The third kappa shape index (κ3) is 4.88. The summed E-state index contributed by atoms with van der Waals surface area (Å²) in [6.45, 7) is 6.68. The summed E-state index contributed by atoms with van der Waals surface area (Å²) >= 11 is 0. The number of benzene rings is 2. The Morgan fingerprint density at radius 2 is 1.78 bits per heavy atom. The van der Waals surface area contributed by atoms with Crippen molar-refractivity contribution in [3.63, 3.8) is 0 Å². The van der Waals surface area contributed by atoms with Crippen molar-refractivity contribution >= 4 is 11.7 Å². The van der Waals surface area contributed by atoms with E-state index in [-0.39, 0.29) is 12.6 Å². The summed E-state index contributed by atoms with van der Waals surface area (Å²) in [4.78, 5) is 16.6. The molecule has 0 bridgehead atoms. The summed E-state index contributed by atoms with van der Waals surface area (Å²) in [5, 5.41) is 5.58. The Balaban J connectivity index is 1.58. The largest absolute Gasteiger partial charge is 0.494 e. The number of aromatic nitrogens is 1. The van der Waals surface area contributed by atoms with Crippen LogP contribution in [0.15, 0.2) is 52.9 Å². The van der Waals surface area contributed by atoms with Gasteiger partial charge in [0.25, 0.3) is 0 Å². The molecule has 0 aliphatic heterocycles. The van der Waals surface area contributed by atoms with Crippen LogP contribution in [0.1, 0.15) is 23.9 Å². The van der Waals surface area contributed by atoms with Crippen molar-refractivity contribution in [2.24, 2.45) is 0 Å². The molecule has 0 aliphatic rings. The van der Waals surface area contributed by atoms with Crippen molar-refractivity contribution in [2.75, 3.05) is 11.9 Å². The summed E-state index contributed by atoms with van der Waals surface area (Å²) in [6, 6.07) is 14.9. The fourth-order valence-electron chi connectivity index (χ4n) is 2.55. The first-order valence-electron chi connectivity index (χ1n) is 8.86. The van der Waals surface area contributed by atoms with Crippen LogP contribution >= 0.6 is 0 Å². The smallest absolute Gasteiger partial charge is 0.319 e. The Labute approximate surface area is 158 Å². The highest BCUT2D eigenvalue weighted by Gasteiger charge is 2.12. The zero-order valence-electron chi connectivity index (χ0n) is 15.7. The van der Waals surface area contributed by atoms with Crippen LogP contribution in [0.25, 0.3) is 11.5 Å². The molecule has 2 N–H and O–H groups in total. The van der Waals surface area contributed by atoms with Gasteiger partial charge in [-0.05, 0) is 57.2 Å². The number of urea groups is 1. The third-order valence-corrected chi connectivity index (χ3v) is 4.03. The van der Waals surface area contributed by atoms with Crippen LogP contribution in [0, 0.1) is 13.8 Å². The Morgan fingerprint density at radius 3 is 2.44 bits per heavy atom. The molecule has 0 unspecified atom stereocenters. The van der Waals surface area contributed by atoms with Crippen molar-refractivity contribution in [1.82, 2.24) is 10.3 Å². The second kappa shape index (κ2) is 8.40. The van der Waals surface area contributed by atoms with E-state index in [9.17, 15) is 4.79 Å². The Kier molecular flexibility index (Phi) is 5.76. The molecule has 1 aromatic heterocycles. The molecule has 1 heterocycles. The van der Waals surface area contributed by atoms with Gasteiger partial charge in [0.2, 0.25) is 5.89 Å². The summed E-state index contributed by atoms with van der Waals surface area (Å²) in [5.74, 6) is 2.01. The highest BCUT2D eigenvalue weighted by atomic mass is 16.5. The second-order valence-corrected chi connectivity index (χ2v) is 6.15. The summed E-state index contributed by atoms with van der Waals surface area (Å²) < 4.78 is 11.1. The van der Waals surface area contributed by atoms with Crippen LogP contribution < -0.4 is 15.4 Å². The predicted octanol–water partition coefficient (Wildman–Crippen LogP) is 4.68. The first kappa shape index (κ1) is 18.5. The highest BCUT2D eigenvalue weighted by Crippen LogP contribution is 2.22. The van der Waals surface area contributed by atoms with Crippen LogP contribution in [0.5, 0.6) is 5.75 Å². The monoisotopic (exact) mass is 365 g/mol. The molecule has 2 aromatic carbocycles. The van der Waals surface area contributed by atoms with Crippen LogP contribution in [0.3, 0.4) is 0 Å². The number of ether oxygens (including phenoxy) is 1. The fraction of sp³-hybridized carbons (Fsp3) is 0.238. The Hall–Kier alpha value is -3.28. The number of oxazole rings is 1. The van der Waals surface area contributed by atoms with Gasteiger partial charge in [-0.2, -0.15) is 0 Å². The minimum Gasteiger partial charge on any atom is -0.494 e. The van der Waals surface area contributed by atoms with E-state index in [2.05, 4.69) is 15.6 Å². The number of carbonyl (C=O) groups is 1. The van der Waals surface area contributed by atoms with Gasteiger partial charge in [-0.3, -0.25) is 0 Å². The first-order chi connectivity index (χ1) is 13.0. The number of carbonyl (C=O) groups excluding carboxylic acids is 1. The van der Waals surface area contributed by atoms with Crippen molar-refractivity contribution < 1.29 is 13.9 Å². The molecule has 0 radical (unpaired) electrons. The number of nitrogens with zero attached hydrogens (tertiary/aromatic N) is 1. The van der Waals surface area contributed by atoms with E-state index in [1.807, 2.05) is 57.2 Å². The third-order valence-electron chi connectivity index (χ3n) is 4.03. The zero-order valence-corrected chi connectivity index (χ0v) is 15.7. The van der Waals surface area contributed by atoms with Gasteiger partial charge in [0.1, 0.15) is 17.2 Å². The number of hydrogen-bond acceptors (Lipinski definition) is 4. The van der Waals surface area contributed by atoms with Gasteiger partial charge >= 0.3 is 6.03 Å². The zero-order chi connectivity index (χ0) is 19.2. The quantitative estimate of drug-likeness (QED) is 0.665. The Bertz CT molecular complexity index is 899. The molecule has 140 valence electrons. The van der Waals surface area contributed by atoms with Crippen molar-refractivity contribution in [3.05, 3.63) is 65.5 Å². The van der Waals surface area contributed by atoms with Crippen molar-refractivity contribution in [1.29, 1.82) is 0 Å². The van der Waals surface area contributed by atoms with Gasteiger partial charge in [-0.1, -0.05) is 17.7 Å². The summed E-state index contributed by atoms with van der Waals surface area (Å²) in [7, 11) is 0. The summed E-state index contributed by atoms with van der Waals surface area (Å²) in [5.41, 5.74) is 3.48. The lowest BCUT2D eigenvalue weighted by Gasteiger charge is -2.08. The van der Waals surface area contributed by atoms with Crippen LogP contribution in [0.2, 0.25) is 0 Å². The van der Waals surface area contributed by atoms with E-state index >= 15 is 0 Å². The van der Waals surface area contributed by atoms with E-state index < -0.39 is 0 Å². The molecule has 0 fully saturated rings. The van der Waals surface area contributed by atoms with Gasteiger partial charge < -0.3 is 19.8 Å². The van der Waals surface area contributed by atoms with E-state index in [4.69, 9.17) is 9.15 Å². The van der Waals surface area contributed by atoms with Gasteiger partial charge in [0.15, 0.2) is 0 Å². The minimum absolute atomic E-state index is 0.282. The lowest BCUT2D eigenvalue weighted by Crippen LogP contribution is -2.28. The molecule has 0 spiro atoms. The molecule has 3 rings (SSSR count). The first-order valence-corrected chi connectivity index (χ1v) is 8.86. The standard InChI is InChI=1S/C21H23N3O3/c1-4-26-18-11-9-17(10-12-18)23-21(25)22-13-19-15(3)27-20(24-19)16-7-5-14(2)6-8-16/h5-12H,4,13H2,1-3H3,(H2,22,23,25). The van der Waals surface area contributed by atoms with Crippen LogP contribution in [-0.2, 0) is 6.54 Å². The van der Waals surface area contributed by atoms with E-state index in [0.717, 1.165) is 11.3 Å². The van der Waals surface area contributed by atoms with E-state index in [1.54, 1.807) is 12.1 Å². The molecule has 0 atom stereocenters.